The van der Waals surface area contributed by atoms with E-state index in [-0.39, 0.29) is 22.6 Å². The SMILES string of the molecule is Cc1cccc(C)c1COc1cccc(-c2c3cccc(C(F)(F)F)c3nn2Cc2ccc(Cl)cc2F)c1. The number of alkyl halides is 3. The van der Waals surface area contributed by atoms with Crippen molar-refractivity contribution < 1.29 is 22.3 Å². The molecule has 0 N–H and O–H groups in total. The lowest BCUT2D eigenvalue weighted by atomic mass is 10.0. The van der Waals surface area contributed by atoms with Gasteiger partial charge in [0.2, 0.25) is 0 Å². The van der Waals surface area contributed by atoms with Gasteiger partial charge >= 0.3 is 6.18 Å². The lowest BCUT2D eigenvalue weighted by Gasteiger charge is -2.13. The van der Waals surface area contributed by atoms with Crippen LogP contribution in [0.5, 0.6) is 5.75 Å². The van der Waals surface area contributed by atoms with Crippen LogP contribution in [0.15, 0.2) is 78.9 Å². The Labute approximate surface area is 222 Å². The van der Waals surface area contributed by atoms with Crippen LogP contribution in [0, 0.1) is 19.7 Å². The fourth-order valence-corrected chi connectivity index (χ4v) is 4.74. The summed E-state index contributed by atoms with van der Waals surface area (Å²) in [7, 11) is 0. The van der Waals surface area contributed by atoms with Crippen molar-refractivity contribution in [2.45, 2.75) is 33.2 Å². The average Bonchev–Trinajstić information content (AvgIpc) is 3.23. The smallest absolute Gasteiger partial charge is 0.418 e. The fraction of sp³-hybridized carbons (Fsp3) is 0.167. The van der Waals surface area contributed by atoms with Gasteiger partial charge in [-0.1, -0.05) is 60.1 Å². The molecule has 4 aromatic carbocycles. The standard InChI is InChI=1S/C30H23ClF4N2O/c1-18-6-3-7-19(2)25(18)17-38-23-9-4-8-20(14-23)29-24-10-5-11-26(30(33,34)35)28(24)36-37(29)16-21-12-13-22(31)15-27(21)32/h3-15H,16-17H2,1-2H3. The normalized spacial score (nSPS) is 11.8. The van der Waals surface area contributed by atoms with Crippen LogP contribution in [0.4, 0.5) is 17.6 Å². The van der Waals surface area contributed by atoms with E-state index in [1.54, 1.807) is 30.3 Å². The summed E-state index contributed by atoms with van der Waals surface area (Å²) in [6, 6.07) is 21.3. The number of hydrogen-bond acceptors (Lipinski definition) is 2. The predicted molar refractivity (Wildman–Crippen MR) is 141 cm³/mol. The van der Waals surface area contributed by atoms with Gasteiger partial charge in [-0.05, 0) is 60.9 Å². The molecule has 0 radical (unpaired) electrons. The Morgan fingerprint density at radius 2 is 1.61 bits per heavy atom. The zero-order valence-electron chi connectivity index (χ0n) is 20.6. The van der Waals surface area contributed by atoms with Crippen molar-refractivity contribution in [1.82, 2.24) is 9.78 Å². The van der Waals surface area contributed by atoms with Gasteiger partial charge in [0.15, 0.2) is 0 Å². The molecule has 1 heterocycles. The summed E-state index contributed by atoms with van der Waals surface area (Å²) in [5.41, 5.74) is 3.50. The third-order valence-electron chi connectivity index (χ3n) is 6.55. The third-order valence-corrected chi connectivity index (χ3v) is 6.78. The summed E-state index contributed by atoms with van der Waals surface area (Å²) in [6.07, 6.45) is -4.60. The van der Waals surface area contributed by atoms with Crippen molar-refractivity contribution in [3.05, 3.63) is 118 Å². The third kappa shape index (κ3) is 5.11. The van der Waals surface area contributed by atoms with Crippen molar-refractivity contribution in [1.29, 1.82) is 0 Å². The largest absolute Gasteiger partial charge is 0.489 e. The van der Waals surface area contributed by atoms with Crippen LogP contribution >= 0.6 is 11.6 Å². The molecule has 0 aliphatic rings. The summed E-state index contributed by atoms with van der Waals surface area (Å²) in [6.45, 7) is 4.29. The van der Waals surface area contributed by atoms with Crippen molar-refractivity contribution >= 4 is 22.5 Å². The molecule has 0 bridgehead atoms. The number of benzene rings is 4. The Balaban J connectivity index is 1.60. The molecule has 0 unspecified atom stereocenters. The molecule has 0 saturated heterocycles. The highest BCUT2D eigenvalue weighted by atomic mass is 35.5. The molecule has 3 nitrogen and oxygen atoms in total. The quantitative estimate of drug-likeness (QED) is 0.202. The first-order valence-corrected chi connectivity index (χ1v) is 12.3. The molecular formula is C30H23ClF4N2O. The monoisotopic (exact) mass is 538 g/mol. The summed E-state index contributed by atoms with van der Waals surface area (Å²) < 4.78 is 63.7. The maximum absolute atomic E-state index is 14.7. The van der Waals surface area contributed by atoms with Gasteiger partial charge in [-0.3, -0.25) is 4.68 Å². The van der Waals surface area contributed by atoms with Gasteiger partial charge in [0.25, 0.3) is 0 Å². The first kappa shape index (κ1) is 25.8. The van der Waals surface area contributed by atoms with Crippen molar-refractivity contribution in [2.24, 2.45) is 0 Å². The maximum atomic E-state index is 14.7. The topological polar surface area (TPSA) is 27.1 Å². The molecule has 38 heavy (non-hydrogen) atoms. The molecule has 5 aromatic rings. The highest BCUT2D eigenvalue weighted by Crippen LogP contribution is 2.39. The van der Waals surface area contributed by atoms with E-state index in [9.17, 15) is 17.6 Å². The second-order valence-corrected chi connectivity index (χ2v) is 9.56. The van der Waals surface area contributed by atoms with E-state index in [0.29, 0.717) is 29.0 Å². The van der Waals surface area contributed by atoms with E-state index in [4.69, 9.17) is 16.3 Å². The van der Waals surface area contributed by atoms with Crippen LogP contribution < -0.4 is 4.74 Å². The number of hydrogen-bond donors (Lipinski definition) is 0. The second kappa shape index (κ2) is 10.1. The molecule has 1 aromatic heterocycles. The fourth-order valence-electron chi connectivity index (χ4n) is 4.58. The van der Waals surface area contributed by atoms with Gasteiger partial charge in [-0.25, -0.2) is 4.39 Å². The van der Waals surface area contributed by atoms with Crippen molar-refractivity contribution in [3.8, 4) is 17.0 Å². The molecule has 0 fully saturated rings. The van der Waals surface area contributed by atoms with Gasteiger partial charge in [0, 0.05) is 21.5 Å². The van der Waals surface area contributed by atoms with E-state index >= 15 is 0 Å². The number of aryl methyl sites for hydroxylation is 2. The molecular weight excluding hydrogens is 516 g/mol. The molecule has 0 aliphatic heterocycles. The van der Waals surface area contributed by atoms with Crippen molar-refractivity contribution in [2.75, 3.05) is 0 Å². The van der Waals surface area contributed by atoms with Gasteiger partial charge in [0.1, 0.15) is 23.7 Å². The first-order chi connectivity index (χ1) is 18.1. The Hall–Kier alpha value is -3.84. The molecule has 0 atom stereocenters. The number of aromatic nitrogens is 2. The summed E-state index contributed by atoms with van der Waals surface area (Å²) in [5, 5.41) is 4.85. The minimum atomic E-state index is -4.60. The van der Waals surface area contributed by atoms with Gasteiger partial charge in [-0.15, -0.1) is 0 Å². The first-order valence-electron chi connectivity index (χ1n) is 11.9. The number of ether oxygens (including phenoxy) is 1. The number of fused-ring (bicyclic) bond motifs is 1. The Morgan fingerprint density at radius 1 is 0.895 bits per heavy atom. The minimum absolute atomic E-state index is 0.0855. The molecule has 0 amide bonds. The highest BCUT2D eigenvalue weighted by Gasteiger charge is 2.34. The van der Waals surface area contributed by atoms with E-state index in [1.807, 2.05) is 32.0 Å². The average molecular weight is 539 g/mol. The number of nitrogens with zero attached hydrogens (tertiary/aromatic N) is 2. The number of rotatable bonds is 6. The van der Waals surface area contributed by atoms with Crippen LogP contribution in [0.25, 0.3) is 22.2 Å². The van der Waals surface area contributed by atoms with Gasteiger partial charge < -0.3 is 4.74 Å². The Kier molecular flexibility index (Phi) is 6.88. The molecule has 0 spiro atoms. The summed E-state index contributed by atoms with van der Waals surface area (Å²) >= 11 is 5.89. The Morgan fingerprint density at radius 3 is 2.32 bits per heavy atom. The van der Waals surface area contributed by atoms with E-state index in [1.165, 1.54) is 28.9 Å². The molecule has 194 valence electrons. The van der Waals surface area contributed by atoms with E-state index in [0.717, 1.165) is 22.8 Å². The zero-order valence-corrected chi connectivity index (χ0v) is 21.4. The van der Waals surface area contributed by atoms with E-state index in [2.05, 4.69) is 5.10 Å². The lowest BCUT2D eigenvalue weighted by molar-refractivity contribution is -0.136. The Bertz CT molecular complexity index is 1620. The van der Waals surface area contributed by atoms with Crippen LogP contribution in [0.2, 0.25) is 5.02 Å². The molecule has 0 aliphatic carbocycles. The minimum Gasteiger partial charge on any atom is -0.489 e. The highest BCUT2D eigenvalue weighted by molar-refractivity contribution is 6.30. The van der Waals surface area contributed by atoms with Gasteiger partial charge in [-0.2, -0.15) is 18.3 Å². The van der Waals surface area contributed by atoms with Gasteiger partial charge in [0.05, 0.1) is 17.8 Å². The van der Waals surface area contributed by atoms with E-state index < -0.39 is 17.6 Å². The summed E-state index contributed by atoms with van der Waals surface area (Å²) in [5.74, 6) is -0.0135. The zero-order chi connectivity index (χ0) is 27.0. The molecule has 5 rings (SSSR count). The van der Waals surface area contributed by atoms with Crippen LogP contribution in [0.3, 0.4) is 0 Å². The maximum Gasteiger partial charge on any atom is 0.418 e. The number of halogens is 5. The lowest BCUT2D eigenvalue weighted by Crippen LogP contribution is -2.07. The van der Waals surface area contributed by atoms with Crippen LogP contribution in [-0.4, -0.2) is 9.78 Å². The summed E-state index contributed by atoms with van der Waals surface area (Å²) in [4.78, 5) is 0. The van der Waals surface area contributed by atoms with Crippen LogP contribution in [-0.2, 0) is 19.3 Å². The van der Waals surface area contributed by atoms with Crippen LogP contribution in [0.1, 0.15) is 27.8 Å². The predicted octanol–water partition coefficient (Wildman–Crippen LogP) is 8.76. The molecule has 0 saturated carbocycles. The second-order valence-electron chi connectivity index (χ2n) is 9.13. The van der Waals surface area contributed by atoms with Crippen molar-refractivity contribution in [3.63, 3.8) is 0 Å². The molecule has 8 heteroatoms.